The number of hydrogen-bond acceptors (Lipinski definition) is 3. The number of para-hydroxylation sites is 1. The van der Waals surface area contributed by atoms with Crippen LogP contribution in [0.2, 0.25) is 0 Å². The van der Waals surface area contributed by atoms with Gasteiger partial charge in [-0.25, -0.2) is 4.98 Å². The van der Waals surface area contributed by atoms with E-state index in [1.807, 2.05) is 41.2 Å². The number of benzene rings is 4. The van der Waals surface area contributed by atoms with Gasteiger partial charge in [-0.1, -0.05) is 74.8 Å². The van der Waals surface area contributed by atoms with Gasteiger partial charge in [-0.15, -0.1) is 35.7 Å². The molecule has 6 heteroatoms. The van der Waals surface area contributed by atoms with E-state index in [2.05, 4.69) is 116 Å². The van der Waals surface area contributed by atoms with Crippen LogP contribution in [-0.2, 0) is 26.8 Å². The molecule has 0 spiro atoms. The van der Waals surface area contributed by atoms with Crippen molar-refractivity contribution in [1.82, 2.24) is 19.3 Å². The van der Waals surface area contributed by atoms with Crippen LogP contribution in [0.15, 0.2) is 103 Å². The number of nitrogens with zero attached hydrogens (tertiary/aromatic N) is 4. The van der Waals surface area contributed by atoms with E-state index in [1.165, 1.54) is 11.1 Å². The summed E-state index contributed by atoms with van der Waals surface area (Å²) in [6.45, 7) is 8.64. The van der Waals surface area contributed by atoms with Crippen LogP contribution in [0.1, 0.15) is 43.6 Å². The number of aromatic nitrogens is 4. The minimum absolute atomic E-state index is 0. The average Bonchev–Trinajstić information content (AvgIpc) is 3.58. The molecule has 5 nitrogen and oxygen atoms in total. The number of ether oxygens (including phenoxy) is 1. The Hall–Kier alpha value is -4.50. The second kappa shape index (κ2) is 12.2. The zero-order valence-corrected chi connectivity index (χ0v) is 26.7. The predicted octanol–water partition coefficient (Wildman–Crippen LogP) is 9.42. The van der Waals surface area contributed by atoms with Gasteiger partial charge in [0.2, 0.25) is 0 Å². The maximum Gasteiger partial charge on any atom is 2.00 e. The summed E-state index contributed by atoms with van der Waals surface area (Å²) in [4.78, 5) is 4.69. The molecule has 0 unspecified atom stereocenters. The van der Waals surface area contributed by atoms with Gasteiger partial charge < -0.3 is 9.30 Å². The van der Waals surface area contributed by atoms with Gasteiger partial charge in [0.1, 0.15) is 5.82 Å². The minimum Gasteiger partial charge on any atom is -0.509 e. The Balaban J connectivity index is 0.00000343. The molecule has 0 saturated carbocycles. The first-order valence-electron chi connectivity index (χ1n) is 14.8. The third-order valence-corrected chi connectivity index (χ3v) is 7.84. The third-order valence-electron chi connectivity index (χ3n) is 7.84. The molecule has 0 amide bonds. The summed E-state index contributed by atoms with van der Waals surface area (Å²) in [6, 6.07) is 40.1. The SMILES string of the molecule is CCc1c(-c2ccccc2)c(C(C)C)nn1-c1[c-]c(Oc2[c-]c3c(cc2)c2ccccc2n3-c2cc(C)ccn2)ccc1.[Pd+2]. The first-order valence-corrected chi connectivity index (χ1v) is 14.8. The number of hydrogen-bond donors (Lipinski definition) is 0. The third kappa shape index (κ3) is 5.26. The van der Waals surface area contributed by atoms with Crippen molar-refractivity contribution in [2.75, 3.05) is 0 Å². The van der Waals surface area contributed by atoms with Crippen molar-refractivity contribution in [2.45, 2.75) is 40.0 Å². The summed E-state index contributed by atoms with van der Waals surface area (Å²) in [5.41, 5.74) is 8.62. The maximum atomic E-state index is 6.42. The van der Waals surface area contributed by atoms with Gasteiger partial charge in [-0.05, 0) is 59.7 Å². The van der Waals surface area contributed by atoms with Crippen molar-refractivity contribution in [3.05, 3.63) is 132 Å². The van der Waals surface area contributed by atoms with Crippen molar-refractivity contribution in [2.24, 2.45) is 0 Å². The Morgan fingerprint density at radius 1 is 0.818 bits per heavy atom. The second-order valence-electron chi connectivity index (χ2n) is 11.1. The second-order valence-corrected chi connectivity index (χ2v) is 11.1. The van der Waals surface area contributed by atoms with Crippen LogP contribution in [0.3, 0.4) is 0 Å². The zero-order valence-electron chi connectivity index (χ0n) is 25.1. The van der Waals surface area contributed by atoms with E-state index in [0.717, 1.165) is 56.7 Å². The number of pyridine rings is 1. The minimum atomic E-state index is 0. The summed E-state index contributed by atoms with van der Waals surface area (Å²) in [5.74, 6) is 2.35. The molecule has 0 radical (unpaired) electrons. The van der Waals surface area contributed by atoms with Crippen LogP contribution in [0.25, 0.3) is 44.4 Å². The van der Waals surface area contributed by atoms with E-state index < -0.39 is 0 Å². The Labute approximate surface area is 271 Å². The van der Waals surface area contributed by atoms with Crippen LogP contribution in [0.5, 0.6) is 11.5 Å². The van der Waals surface area contributed by atoms with E-state index in [-0.39, 0.29) is 26.3 Å². The van der Waals surface area contributed by atoms with Crippen LogP contribution in [-0.4, -0.2) is 19.3 Å². The molecule has 0 bridgehead atoms. The predicted molar refractivity (Wildman–Crippen MR) is 174 cm³/mol. The molecule has 0 fully saturated rings. The van der Waals surface area contributed by atoms with Crippen molar-refractivity contribution in [3.8, 4) is 34.1 Å². The van der Waals surface area contributed by atoms with E-state index in [1.54, 1.807) is 0 Å². The quantitative estimate of drug-likeness (QED) is 0.126. The fraction of sp³-hybridized carbons (Fsp3) is 0.158. The van der Waals surface area contributed by atoms with Crippen LogP contribution in [0, 0.1) is 19.1 Å². The van der Waals surface area contributed by atoms with E-state index in [9.17, 15) is 0 Å². The number of rotatable bonds is 7. The summed E-state index contributed by atoms with van der Waals surface area (Å²) in [7, 11) is 0. The molecule has 7 rings (SSSR count). The molecule has 44 heavy (non-hydrogen) atoms. The van der Waals surface area contributed by atoms with Crippen LogP contribution >= 0.6 is 0 Å². The number of aryl methyl sites for hydroxylation is 1. The van der Waals surface area contributed by atoms with Gasteiger partial charge in [0.15, 0.2) is 0 Å². The van der Waals surface area contributed by atoms with Gasteiger partial charge in [0.25, 0.3) is 0 Å². The monoisotopic (exact) mass is 666 g/mol. The van der Waals surface area contributed by atoms with Gasteiger partial charge in [0.05, 0.1) is 5.69 Å². The van der Waals surface area contributed by atoms with Gasteiger partial charge in [-0.3, -0.25) is 4.68 Å². The Bertz CT molecular complexity index is 2090. The normalized spacial score (nSPS) is 11.3. The molecule has 3 heterocycles. The molecule has 0 atom stereocenters. The van der Waals surface area contributed by atoms with Gasteiger partial charge in [0, 0.05) is 34.5 Å². The molecule has 0 N–H and O–H groups in total. The Morgan fingerprint density at radius 2 is 1.59 bits per heavy atom. The number of fused-ring (bicyclic) bond motifs is 3. The molecule has 3 aromatic heterocycles. The summed E-state index contributed by atoms with van der Waals surface area (Å²) >= 11 is 0. The fourth-order valence-corrected chi connectivity index (χ4v) is 5.87. The molecule has 0 aliphatic rings. The first kappa shape index (κ1) is 29.6. The van der Waals surface area contributed by atoms with Gasteiger partial charge >= 0.3 is 20.4 Å². The molecule has 0 aliphatic heterocycles. The maximum absolute atomic E-state index is 6.42. The average molecular weight is 667 g/mol. The fourth-order valence-electron chi connectivity index (χ4n) is 5.87. The van der Waals surface area contributed by atoms with Crippen LogP contribution < -0.4 is 4.74 Å². The zero-order chi connectivity index (χ0) is 29.5. The summed E-state index contributed by atoms with van der Waals surface area (Å²) in [5, 5.41) is 7.36. The topological polar surface area (TPSA) is 44.9 Å². The van der Waals surface area contributed by atoms with Crippen molar-refractivity contribution >= 4 is 21.8 Å². The van der Waals surface area contributed by atoms with E-state index in [4.69, 9.17) is 9.84 Å². The first-order chi connectivity index (χ1) is 21.0. The largest absolute Gasteiger partial charge is 2.00 e. The van der Waals surface area contributed by atoms with Crippen molar-refractivity contribution in [3.63, 3.8) is 0 Å². The molecule has 7 aromatic rings. The Kier molecular flexibility index (Phi) is 8.23. The molecular weight excluding hydrogens is 635 g/mol. The summed E-state index contributed by atoms with van der Waals surface area (Å²) in [6.07, 6.45) is 2.69. The smallest absolute Gasteiger partial charge is 0.509 e. The molecule has 0 aliphatic carbocycles. The molecule has 0 saturated heterocycles. The van der Waals surface area contributed by atoms with Gasteiger partial charge in [-0.2, -0.15) is 17.2 Å². The summed E-state index contributed by atoms with van der Waals surface area (Å²) < 4.78 is 10.6. The van der Waals surface area contributed by atoms with E-state index >= 15 is 0 Å². The molecular formula is C38H32N4OPd. The van der Waals surface area contributed by atoms with Crippen LogP contribution in [0.4, 0.5) is 0 Å². The Morgan fingerprint density at radius 3 is 2.36 bits per heavy atom. The molecule has 220 valence electrons. The van der Waals surface area contributed by atoms with Crippen molar-refractivity contribution < 1.29 is 25.2 Å². The standard InChI is InChI=1S/C38H32N4O.Pd/c1-5-33-37(27-12-7-6-8-13-27)38(25(2)3)40-42(33)28-14-11-15-29(23-28)43-30-18-19-32-31-16-9-10-17-34(31)41(35(32)24-30)36-22-26(4)20-21-39-36;/h6-22,25H,5H2,1-4H3;/q-2;+2. The van der Waals surface area contributed by atoms with Crippen molar-refractivity contribution in [1.29, 1.82) is 0 Å². The van der Waals surface area contributed by atoms with E-state index in [0.29, 0.717) is 11.5 Å². The molecule has 4 aromatic carbocycles.